The molecule has 96 valence electrons. The number of ether oxygens (including phenoxy) is 1. The standard InChI is InChI=1S/C14H16O3S/c1-11(15)18-9-5-8-12-6-3-4-7-13(12)10-14(16)17-2/h3-8H,9-10H2,1-2H3. The van der Waals surface area contributed by atoms with Crippen LogP contribution in [0.3, 0.4) is 0 Å². The number of esters is 1. The van der Waals surface area contributed by atoms with Crippen molar-refractivity contribution in [3.8, 4) is 0 Å². The number of thioether (sulfide) groups is 1. The van der Waals surface area contributed by atoms with Gasteiger partial charge in [0.1, 0.15) is 0 Å². The van der Waals surface area contributed by atoms with Crippen molar-refractivity contribution in [1.82, 2.24) is 0 Å². The highest BCUT2D eigenvalue weighted by molar-refractivity contribution is 8.13. The number of rotatable bonds is 5. The summed E-state index contributed by atoms with van der Waals surface area (Å²) >= 11 is 1.26. The number of carbonyl (C=O) groups is 2. The van der Waals surface area contributed by atoms with Crippen molar-refractivity contribution in [2.24, 2.45) is 0 Å². The molecule has 0 saturated heterocycles. The van der Waals surface area contributed by atoms with Gasteiger partial charge in [-0.1, -0.05) is 48.2 Å². The van der Waals surface area contributed by atoms with Crippen LogP contribution in [0.15, 0.2) is 30.3 Å². The predicted octanol–water partition coefficient (Wildman–Crippen LogP) is 2.70. The summed E-state index contributed by atoms with van der Waals surface area (Å²) in [6.07, 6.45) is 4.10. The van der Waals surface area contributed by atoms with Crippen molar-refractivity contribution in [3.63, 3.8) is 0 Å². The molecule has 0 saturated carbocycles. The molecule has 0 aromatic heterocycles. The van der Waals surface area contributed by atoms with Gasteiger partial charge in [-0.3, -0.25) is 9.59 Å². The zero-order valence-corrected chi connectivity index (χ0v) is 11.3. The third-order valence-electron chi connectivity index (χ3n) is 2.30. The lowest BCUT2D eigenvalue weighted by Gasteiger charge is -2.04. The number of benzene rings is 1. The zero-order chi connectivity index (χ0) is 13.4. The zero-order valence-electron chi connectivity index (χ0n) is 10.5. The molecular formula is C14H16O3S. The van der Waals surface area contributed by atoms with E-state index in [2.05, 4.69) is 4.74 Å². The average Bonchev–Trinajstić information content (AvgIpc) is 2.36. The lowest BCUT2D eigenvalue weighted by molar-refractivity contribution is -0.139. The SMILES string of the molecule is COC(=O)Cc1ccccc1C=CCSC(C)=O. The average molecular weight is 264 g/mol. The summed E-state index contributed by atoms with van der Waals surface area (Å²) in [5, 5.41) is 0.0995. The molecule has 0 heterocycles. The normalized spacial score (nSPS) is 10.6. The van der Waals surface area contributed by atoms with E-state index < -0.39 is 0 Å². The maximum Gasteiger partial charge on any atom is 0.309 e. The van der Waals surface area contributed by atoms with E-state index in [0.29, 0.717) is 5.75 Å². The van der Waals surface area contributed by atoms with E-state index in [1.165, 1.54) is 18.9 Å². The maximum absolute atomic E-state index is 11.3. The number of hydrogen-bond donors (Lipinski definition) is 0. The Hall–Kier alpha value is -1.55. The number of methoxy groups -OCH3 is 1. The Kier molecular flexibility index (Phi) is 6.22. The van der Waals surface area contributed by atoms with Crippen molar-refractivity contribution < 1.29 is 14.3 Å². The quantitative estimate of drug-likeness (QED) is 0.767. The summed E-state index contributed by atoms with van der Waals surface area (Å²) in [6, 6.07) is 7.64. The fourth-order valence-corrected chi connectivity index (χ4v) is 1.85. The molecule has 0 fully saturated rings. The number of carbonyl (C=O) groups excluding carboxylic acids is 2. The van der Waals surface area contributed by atoms with Gasteiger partial charge in [-0.15, -0.1) is 0 Å². The van der Waals surface area contributed by atoms with Gasteiger partial charge in [0.05, 0.1) is 13.5 Å². The van der Waals surface area contributed by atoms with E-state index in [0.717, 1.165) is 11.1 Å². The fraction of sp³-hybridized carbons (Fsp3) is 0.286. The lowest BCUT2D eigenvalue weighted by atomic mass is 10.0. The van der Waals surface area contributed by atoms with Gasteiger partial charge in [0.15, 0.2) is 5.12 Å². The first-order chi connectivity index (χ1) is 8.63. The van der Waals surface area contributed by atoms with E-state index >= 15 is 0 Å². The first-order valence-electron chi connectivity index (χ1n) is 5.58. The molecule has 1 rings (SSSR count). The molecule has 3 nitrogen and oxygen atoms in total. The summed E-state index contributed by atoms with van der Waals surface area (Å²) in [7, 11) is 1.38. The maximum atomic E-state index is 11.3. The van der Waals surface area contributed by atoms with Gasteiger partial charge in [0, 0.05) is 12.7 Å². The highest BCUT2D eigenvalue weighted by Crippen LogP contribution is 2.13. The minimum Gasteiger partial charge on any atom is -0.469 e. The fourth-order valence-electron chi connectivity index (χ4n) is 1.43. The second-order valence-corrected chi connectivity index (χ2v) is 4.85. The molecule has 4 heteroatoms. The minimum atomic E-state index is -0.256. The van der Waals surface area contributed by atoms with Gasteiger partial charge < -0.3 is 4.74 Å². The molecule has 0 N–H and O–H groups in total. The minimum absolute atomic E-state index is 0.0995. The van der Waals surface area contributed by atoms with Crippen LogP contribution >= 0.6 is 11.8 Å². The van der Waals surface area contributed by atoms with Crippen LogP contribution in [0.1, 0.15) is 18.1 Å². The van der Waals surface area contributed by atoms with Gasteiger partial charge in [-0.25, -0.2) is 0 Å². The molecule has 0 spiro atoms. The van der Waals surface area contributed by atoms with Crippen LogP contribution in [-0.4, -0.2) is 23.9 Å². The molecule has 0 unspecified atom stereocenters. The third-order valence-corrected chi connectivity index (χ3v) is 3.06. The molecule has 1 aromatic rings. The van der Waals surface area contributed by atoms with Crippen molar-refractivity contribution in [1.29, 1.82) is 0 Å². The van der Waals surface area contributed by atoms with Crippen LogP contribution in [-0.2, 0) is 20.7 Å². The second kappa shape index (κ2) is 7.71. The van der Waals surface area contributed by atoms with Gasteiger partial charge in [-0.05, 0) is 11.1 Å². The largest absolute Gasteiger partial charge is 0.469 e. The Balaban J connectivity index is 2.69. The van der Waals surface area contributed by atoms with Crippen molar-refractivity contribution in [2.45, 2.75) is 13.3 Å². The molecule has 0 bridgehead atoms. The Morgan fingerprint density at radius 2 is 2.06 bits per heavy atom. The molecule has 0 radical (unpaired) electrons. The predicted molar refractivity (Wildman–Crippen MR) is 74.3 cm³/mol. The Labute approximate surface area is 111 Å². The highest BCUT2D eigenvalue weighted by atomic mass is 32.2. The van der Waals surface area contributed by atoms with Crippen molar-refractivity contribution >= 4 is 28.9 Å². The second-order valence-electron chi connectivity index (χ2n) is 3.66. The van der Waals surface area contributed by atoms with Crippen molar-refractivity contribution in [2.75, 3.05) is 12.9 Å². The monoisotopic (exact) mass is 264 g/mol. The summed E-state index contributed by atoms with van der Waals surface area (Å²) in [5.41, 5.74) is 1.90. The van der Waals surface area contributed by atoms with E-state index in [1.54, 1.807) is 6.92 Å². The summed E-state index contributed by atoms with van der Waals surface area (Å²) in [4.78, 5) is 22.0. The van der Waals surface area contributed by atoms with Crippen LogP contribution in [0.5, 0.6) is 0 Å². The number of hydrogen-bond acceptors (Lipinski definition) is 4. The summed E-state index contributed by atoms with van der Waals surface area (Å²) < 4.78 is 4.65. The Morgan fingerprint density at radius 1 is 1.33 bits per heavy atom. The van der Waals surface area contributed by atoms with E-state index in [9.17, 15) is 9.59 Å². The van der Waals surface area contributed by atoms with Gasteiger partial charge in [0.2, 0.25) is 0 Å². The van der Waals surface area contributed by atoms with Crippen LogP contribution in [0.2, 0.25) is 0 Å². The molecule has 1 aromatic carbocycles. The molecule has 18 heavy (non-hydrogen) atoms. The van der Waals surface area contributed by atoms with Gasteiger partial charge >= 0.3 is 5.97 Å². The van der Waals surface area contributed by atoms with E-state index in [-0.39, 0.29) is 17.5 Å². The molecular weight excluding hydrogens is 248 g/mol. The molecule has 0 aliphatic rings. The lowest BCUT2D eigenvalue weighted by Crippen LogP contribution is -2.05. The molecule has 0 aliphatic carbocycles. The first kappa shape index (κ1) is 14.5. The van der Waals surface area contributed by atoms with E-state index in [1.807, 2.05) is 36.4 Å². The van der Waals surface area contributed by atoms with Crippen LogP contribution in [0.4, 0.5) is 0 Å². The Bertz CT molecular complexity index is 452. The smallest absolute Gasteiger partial charge is 0.309 e. The molecule has 0 aliphatic heterocycles. The van der Waals surface area contributed by atoms with Crippen LogP contribution < -0.4 is 0 Å². The summed E-state index contributed by atoms with van der Waals surface area (Å²) in [6.45, 7) is 1.55. The van der Waals surface area contributed by atoms with Crippen LogP contribution in [0.25, 0.3) is 6.08 Å². The van der Waals surface area contributed by atoms with Gasteiger partial charge in [-0.2, -0.15) is 0 Å². The van der Waals surface area contributed by atoms with Crippen LogP contribution in [0, 0.1) is 0 Å². The van der Waals surface area contributed by atoms with Crippen molar-refractivity contribution in [3.05, 3.63) is 41.5 Å². The molecule has 0 atom stereocenters. The topological polar surface area (TPSA) is 43.4 Å². The molecule has 0 amide bonds. The van der Waals surface area contributed by atoms with E-state index in [4.69, 9.17) is 0 Å². The van der Waals surface area contributed by atoms with Gasteiger partial charge in [0.25, 0.3) is 0 Å². The third kappa shape index (κ3) is 5.19. The first-order valence-corrected chi connectivity index (χ1v) is 6.56. The summed E-state index contributed by atoms with van der Waals surface area (Å²) in [5.74, 6) is 0.385. The Morgan fingerprint density at radius 3 is 2.72 bits per heavy atom. The highest BCUT2D eigenvalue weighted by Gasteiger charge is 2.05.